The topological polar surface area (TPSA) is 63.2 Å². The van der Waals surface area contributed by atoms with Crippen molar-refractivity contribution in [3.63, 3.8) is 0 Å². The highest BCUT2D eigenvalue weighted by Crippen LogP contribution is 2.23. The normalized spacial score (nSPS) is 12.8. The summed E-state index contributed by atoms with van der Waals surface area (Å²) in [6.07, 6.45) is 1.19. The number of amides is 1. The van der Waals surface area contributed by atoms with E-state index in [1.165, 1.54) is 11.8 Å². The Bertz CT molecular complexity index is 814. The molecule has 0 heterocycles. The van der Waals surface area contributed by atoms with E-state index in [2.05, 4.69) is 31.3 Å². The highest BCUT2D eigenvalue weighted by atomic mass is 32.2. The van der Waals surface area contributed by atoms with Crippen LogP contribution in [0.5, 0.6) is 0 Å². The average Bonchev–Trinajstić information content (AvgIpc) is 2.54. The standard InChI is InChI=1S/C20H25NO3S/c1-15(2)19(17-9-5-4-6-10-17)13-21-20(22)18-11-7-8-16(12-18)14-25(3,23)24/h4-12,15,19H,13-14H2,1-3H3,(H,21,22)/t19-/m0/s1. The summed E-state index contributed by atoms with van der Waals surface area (Å²) in [6, 6.07) is 16.9. The highest BCUT2D eigenvalue weighted by molar-refractivity contribution is 7.89. The molecule has 134 valence electrons. The molecular weight excluding hydrogens is 334 g/mol. The van der Waals surface area contributed by atoms with Gasteiger partial charge in [0, 0.05) is 24.3 Å². The largest absolute Gasteiger partial charge is 0.351 e. The van der Waals surface area contributed by atoms with Crippen molar-refractivity contribution < 1.29 is 13.2 Å². The SMILES string of the molecule is CC(C)[C@H](CNC(=O)c1cccc(CS(C)(=O)=O)c1)c1ccccc1. The Kier molecular flexibility index (Phi) is 6.37. The van der Waals surface area contributed by atoms with Gasteiger partial charge in [-0.25, -0.2) is 8.42 Å². The predicted molar refractivity (Wildman–Crippen MR) is 101 cm³/mol. The van der Waals surface area contributed by atoms with E-state index in [-0.39, 0.29) is 17.6 Å². The van der Waals surface area contributed by atoms with Gasteiger partial charge in [-0.05, 0) is 29.2 Å². The maximum absolute atomic E-state index is 12.5. The summed E-state index contributed by atoms with van der Waals surface area (Å²) in [4.78, 5) is 12.5. The monoisotopic (exact) mass is 359 g/mol. The third-order valence-corrected chi connectivity index (χ3v) is 4.99. The van der Waals surface area contributed by atoms with Gasteiger partial charge < -0.3 is 5.32 Å². The zero-order valence-corrected chi connectivity index (χ0v) is 15.7. The van der Waals surface area contributed by atoms with Crippen LogP contribution in [0.1, 0.15) is 41.3 Å². The molecule has 0 bridgehead atoms. The number of hydrogen-bond acceptors (Lipinski definition) is 3. The van der Waals surface area contributed by atoms with E-state index in [1.807, 2.05) is 18.2 Å². The van der Waals surface area contributed by atoms with Crippen molar-refractivity contribution >= 4 is 15.7 Å². The second-order valence-electron chi connectivity index (χ2n) is 6.74. The van der Waals surface area contributed by atoms with E-state index in [9.17, 15) is 13.2 Å². The minimum Gasteiger partial charge on any atom is -0.351 e. The molecule has 25 heavy (non-hydrogen) atoms. The van der Waals surface area contributed by atoms with Gasteiger partial charge in [0.05, 0.1) is 5.75 Å². The summed E-state index contributed by atoms with van der Waals surface area (Å²) < 4.78 is 22.9. The molecule has 1 amide bonds. The van der Waals surface area contributed by atoms with Gasteiger partial charge >= 0.3 is 0 Å². The predicted octanol–water partition coefficient (Wildman–Crippen LogP) is 3.40. The van der Waals surface area contributed by atoms with E-state index in [1.54, 1.807) is 24.3 Å². The Labute approximate surface area is 150 Å². The zero-order valence-electron chi connectivity index (χ0n) is 14.9. The molecule has 2 aromatic carbocycles. The lowest BCUT2D eigenvalue weighted by Gasteiger charge is -2.22. The van der Waals surface area contributed by atoms with E-state index in [4.69, 9.17) is 0 Å². The molecule has 0 spiro atoms. The van der Waals surface area contributed by atoms with Crippen LogP contribution in [0.4, 0.5) is 0 Å². The Morgan fingerprint density at radius 3 is 2.32 bits per heavy atom. The lowest BCUT2D eigenvalue weighted by atomic mass is 9.88. The molecule has 0 fully saturated rings. The Hall–Kier alpha value is -2.14. The van der Waals surface area contributed by atoms with Crippen molar-refractivity contribution in [2.45, 2.75) is 25.5 Å². The van der Waals surface area contributed by atoms with Crippen LogP contribution in [-0.2, 0) is 15.6 Å². The van der Waals surface area contributed by atoms with Crippen molar-refractivity contribution in [1.82, 2.24) is 5.32 Å². The summed E-state index contributed by atoms with van der Waals surface area (Å²) in [5, 5.41) is 2.98. The summed E-state index contributed by atoms with van der Waals surface area (Å²) in [5.41, 5.74) is 2.30. The number of rotatable bonds is 7. The lowest BCUT2D eigenvalue weighted by molar-refractivity contribution is 0.0949. The van der Waals surface area contributed by atoms with Crippen LogP contribution >= 0.6 is 0 Å². The van der Waals surface area contributed by atoms with Gasteiger partial charge in [0.25, 0.3) is 5.91 Å². The molecule has 0 unspecified atom stereocenters. The molecule has 0 aliphatic rings. The molecule has 0 aromatic heterocycles. The first-order chi connectivity index (χ1) is 11.8. The third kappa shape index (κ3) is 6.02. The van der Waals surface area contributed by atoms with Crippen LogP contribution in [-0.4, -0.2) is 27.1 Å². The van der Waals surface area contributed by atoms with Gasteiger partial charge in [0.2, 0.25) is 0 Å². The van der Waals surface area contributed by atoms with Crippen LogP contribution in [0.2, 0.25) is 0 Å². The van der Waals surface area contributed by atoms with Crippen LogP contribution in [0, 0.1) is 5.92 Å². The maximum atomic E-state index is 12.5. The maximum Gasteiger partial charge on any atom is 0.251 e. The number of benzene rings is 2. The van der Waals surface area contributed by atoms with Gasteiger partial charge in [0.15, 0.2) is 9.84 Å². The van der Waals surface area contributed by atoms with Crippen molar-refractivity contribution in [1.29, 1.82) is 0 Å². The summed E-state index contributed by atoms with van der Waals surface area (Å²) >= 11 is 0. The van der Waals surface area contributed by atoms with Crippen LogP contribution in [0.25, 0.3) is 0 Å². The van der Waals surface area contributed by atoms with Gasteiger partial charge in [-0.1, -0.05) is 56.3 Å². The van der Waals surface area contributed by atoms with Gasteiger partial charge in [-0.3, -0.25) is 4.79 Å². The van der Waals surface area contributed by atoms with Crippen molar-refractivity contribution in [2.75, 3.05) is 12.8 Å². The fourth-order valence-corrected chi connectivity index (χ4v) is 3.63. The number of carbonyl (C=O) groups is 1. The molecular formula is C20H25NO3S. The van der Waals surface area contributed by atoms with Gasteiger partial charge in [-0.15, -0.1) is 0 Å². The second kappa shape index (κ2) is 8.30. The first-order valence-corrected chi connectivity index (χ1v) is 10.4. The molecule has 2 aromatic rings. The molecule has 2 rings (SSSR count). The molecule has 0 aliphatic heterocycles. The lowest BCUT2D eigenvalue weighted by Crippen LogP contribution is -2.30. The average molecular weight is 359 g/mol. The number of sulfone groups is 1. The summed E-state index contributed by atoms with van der Waals surface area (Å²) in [7, 11) is -3.12. The molecule has 0 saturated heterocycles. The molecule has 5 heteroatoms. The molecule has 0 aliphatic carbocycles. The first kappa shape index (κ1) is 19.2. The minimum atomic E-state index is -3.12. The van der Waals surface area contributed by atoms with Gasteiger partial charge in [0.1, 0.15) is 0 Å². The number of carbonyl (C=O) groups excluding carboxylic acids is 1. The quantitative estimate of drug-likeness (QED) is 0.824. The van der Waals surface area contributed by atoms with E-state index in [0.717, 1.165) is 0 Å². The van der Waals surface area contributed by atoms with E-state index in [0.29, 0.717) is 23.6 Å². The van der Waals surface area contributed by atoms with Gasteiger partial charge in [-0.2, -0.15) is 0 Å². The number of hydrogen-bond donors (Lipinski definition) is 1. The van der Waals surface area contributed by atoms with E-state index < -0.39 is 9.84 Å². The van der Waals surface area contributed by atoms with E-state index >= 15 is 0 Å². The smallest absolute Gasteiger partial charge is 0.251 e. The zero-order chi connectivity index (χ0) is 18.4. The van der Waals surface area contributed by atoms with Crippen molar-refractivity contribution in [2.24, 2.45) is 5.92 Å². The van der Waals surface area contributed by atoms with Crippen LogP contribution in [0.3, 0.4) is 0 Å². The minimum absolute atomic E-state index is 0.0627. The fourth-order valence-electron chi connectivity index (χ4n) is 2.85. The fraction of sp³-hybridized carbons (Fsp3) is 0.350. The highest BCUT2D eigenvalue weighted by Gasteiger charge is 2.17. The Balaban J connectivity index is 2.07. The Morgan fingerprint density at radius 2 is 1.72 bits per heavy atom. The van der Waals surface area contributed by atoms with Crippen LogP contribution < -0.4 is 5.32 Å². The van der Waals surface area contributed by atoms with Crippen molar-refractivity contribution in [3.05, 3.63) is 71.3 Å². The molecule has 0 radical (unpaired) electrons. The summed E-state index contributed by atoms with van der Waals surface area (Å²) in [6.45, 7) is 4.81. The Morgan fingerprint density at radius 1 is 1.04 bits per heavy atom. The molecule has 4 nitrogen and oxygen atoms in total. The molecule has 0 saturated carbocycles. The molecule has 1 atom stereocenters. The van der Waals surface area contributed by atoms with Crippen LogP contribution in [0.15, 0.2) is 54.6 Å². The van der Waals surface area contributed by atoms with Crippen molar-refractivity contribution in [3.8, 4) is 0 Å². The molecule has 1 N–H and O–H groups in total. The summed E-state index contributed by atoms with van der Waals surface area (Å²) in [5.74, 6) is 0.368. The first-order valence-electron chi connectivity index (χ1n) is 8.36. The second-order valence-corrected chi connectivity index (χ2v) is 8.88. The number of nitrogens with one attached hydrogen (secondary N) is 1. The third-order valence-electron chi connectivity index (χ3n) is 4.13.